The van der Waals surface area contributed by atoms with Crippen molar-refractivity contribution in [2.75, 3.05) is 19.8 Å². The van der Waals surface area contributed by atoms with Crippen molar-refractivity contribution in [1.29, 1.82) is 0 Å². The summed E-state index contributed by atoms with van der Waals surface area (Å²) < 4.78 is 51.6. The quantitative estimate of drug-likeness (QED) is 0.401. The molecule has 0 unspecified atom stereocenters. The summed E-state index contributed by atoms with van der Waals surface area (Å²) in [4.78, 5) is 30.6. The van der Waals surface area contributed by atoms with Gasteiger partial charge in [-0.25, -0.2) is 9.78 Å². The Hall–Kier alpha value is -3.48. The number of aromatic nitrogens is 3. The maximum Gasteiger partial charge on any atom is 0.422 e. The van der Waals surface area contributed by atoms with E-state index >= 15 is 0 Å². The molecule has 0 saturated heterocycles. The molecule has 0 aliphatic heterocycles. The predicted octanol–water partition coefficient (Wildman–Crippen LogP) is 3.73. The molecule has 0 N–H and O–H groups in total. The van der Waals surface area contributed by atoms with Crippen LogP contribution in [0.4, 0.5) is 13.2 Å². The molecule has 0 bridgehead atoms. The first-order valence-corrected chi connectivity index (χ1v) is 10.6. The molecule has 0 aliphatic carbocycles. The minimum atomic E-state index is -4.50. The number of ether oxygens (including phenoxy) is 2. The summed E-state index contributed by atoms with van der Waals surface area (Å²) in [6.07, 6.45) is -2.85. The average Bonchev–Trinajstić information content (AvgIpc) is 3.47. The minimum absolute atomic E-state index is 0.0401. The molecule has 3 aromatic rings. The standard InChI is InChI=1S/C20H19F3N4O5S/c1-2-7-27(10-16-25-26-18(32-16)14-4-3-8-33-14)17(28)11-30-19(29)13-5-6-15(24-9-13)31-12-20(21,22)23/h3-6,8-9H,2,7,10-12H2,1H3. The monoisotopic (exact) mass is 484 g/mol. The highest BCUT2D eigenvalue weighted by molar-refractivity contribution is 7.13. The number of carbonyl (C=O) groups is 2. The van der Waals surface area contributed by atoms with Gasteiger partial charge in [0.25, 0.3) is 11.8 Å². The summed E-state index contributed by atoms with van der Waals surface area (Å²) in [7, 11) is 0. The third-order valence-electron chi connectivity index (χ3n) is 4.05. The second-order valence-corrected chi connectivity index (χ2v) is 7.61. The number of esters is 1. The maximum absolute atomic E-state index is 12.6. The summed E-state index contributed by atoms with van der Waals surface area (Å²) in [5, 5.41) is 9.80. The van der Waals surface area contributed by atoms with Crippen LogP contribution >= 0.6 is 11.3 Å². The molecular formula is C20H19F3N4O5S. The lowest BCUT2D eigenvalue weighted by Gasteiger charge is -2.20. The molecular weight excluding hydrogens is 465 g/mol. The fourth-order valence-corrected chi connectivity index (χ4v) is 3.23. The summed E-state index contributed by atoms with van der Waals surface area (Å²) in [6.45, 7) is 0.262. The third kappa shape index (κ3) is 7.27. The number of halogens is 3. The fourth-order valence-electron chi connectivity index (χ4n) is 2.59. The predicted molar refractivity (Wildman–Crippen MR) is 109 cm³/mol. The van der Waals surface area contributed by atoms with E-state index in [4.69, 9.17) is 9.15 Å². The average molecular weight is 484 g/mol. The first-order valence-electron chi connectivity index (χ1n) is 9.72. The molecule has 3 aromatic heterocycles. The molecule has 0 saturated carbocycles. The molecule has 9 nitrogen and oxygen atoms in total. The number of thiophene rings is 1. The van der Waals surface area contributed by atoms with Crippen molar-refractivity contribution in [3.63, 3.8) is 0 Å². The zero-order chi connectivity index (χ0) is 23.8. The van der Waals surface area contributed by atoms with Crippen LogP contribution in [0.15, 0.2) is 40.3 Å². The number of carbonyl (C=O) groups excluding carboxylic acids is 2. The van der Waals surface area contributed by atoms with Gasteiger partial charge in [-0.15, -0.1) is 21.5 Å². The van der Waals surface area contributed by atoms with E-state index in [0.717, 1.165) is 17.1 Å². The van der Waals surface area contributed by atoms with Crippen LogP contribution in [0.3, 0.4) is 0 Å². The highest BCUT2D eigenvalue weighted by Gasteiger charge is 2.28. The van der Waals surface area contributed by atoms with Gasteiger partial charge in [0.1, 0.15) is 0 Å². The van der Waals surface area contributed by atoms with E-state index in [1.807, 2.05) is 24.4 Å². The van der Waals surface area contributed by atoms with Crippen molar-refractivity contribution < 1.29 is 36.7 Å². The summed E-state index contributed by atoms with van der Waals surface area (Å²) in [5.74, 6) is -1.03. The first kappa shape index (κ1) is 24.2. The topological polar surface area (TPSA) is 108 Å². The van der Waals surface area contributed by atoms with E-state index < -0.39 is 31.3 Å². The van der Waals surface area contributed by atoms with Crippen LogP contribution in [0.1, 0.15) is 29.6 Å². The Morgan fingerprint density at radius 3 is 2.67 bits per heavy atom. The lowest BCUT2D eigenvalue weighted by molar-refractivity contribution is -0.154. The van der Waals surface area contributed by atoms with Crippen LogP contribution in [0, 0.1) is 0 Å². The molecule has 13 heteroatoms. The zero-order valence-corrected chi connectivity index (χ0v) is 18.2. The number of pyridine rings is 1. The lowest BCUT2D eigenvalue weighted by atomic mass is 10.3. The lowest BCUT2D eigenvalue weighted by Crippen LogP contribution is -2.35. The number of alkyl halides is 3. The minimum Gasteiger partial charge on any atom is -0.468 e. The van der Waals surface area contributed by atoms with Crippen LogP contribution in [-0.4, -0.2) is 57.9 Å². The van der Waals surface area contributed by atoms with E-state index in [2.05, 4.69) is 19.9 Å². The zero-order valence-electron chi connectivity index (χ0n) is 17.4. The molecule has 0 radical (unpaired) electrons. The molecule has 0 spiro atoms. The molecule has 176 valence electrons. The van der Waals surface area contributed by atoms with Gasteiger partial charge in [0.05, 0.1) is 17.0 Å². The smallest absolute Gasteiger partial charge is 0.422 e. The van der Waals surface area contributed by atoms with Crippen LogP contribution in [0.25, 0.3) is 10.8 Å². The van der Waals surface area contributed by atoms with Gasteiger partial charge >= 0.3 is 12.1 Å². The van der Waals surface area contributed by atoms with E-state index in [1.165, 1.54) is 22.3 Å². The Bertz CT molecular complexity index is 1050. The molecule has 0 fully saturated rings. The van der Waals surface area contributed by atoms with Crippen molar-refractivity contribution >= 4 is 23.2 Å². The van der Waals surface area contributed by atoms with Crippen molar-refractivity contribution in [2.45, 2.75) is 26.1 Å². The largest absolute Gasteiger partial charge is 0.468 e. The van der Waals surface area contributed by atoms with Gasteiger partial charge in [-0.3, -0.25) is 4.79 Å². The van der Waals surface area contributed by atoms with Crippen LogP contribution in [-0.2, 0) is 16.1 Å². The Labute approximate surface area is 190 Å². The van der Waals surface area contributed by atoms with Crippen LogP contribution in [0.5, 0.6) is 5.88 Å². The number of hydrogen-bond donors (Lipinski definition) is 0. The highest BCUT2D eigenvalue weighted by Crippen LogP contribution is 2.23. The second kappa shape index (κ2) is 10.9. The Kier molecular flexibility index (Phi) is 7.98. The summed E-state index contributed by atoms with van der Waals surface area (Å²) in [5.41, 5.74) is -0.0401. The normalized spacial score (nSPS) is 11.3. The fraction of sp³-hybridized carbons (Fsp3) is 0.350. The van der Waals surface area contributed by atoms with Crippen LogP contribution < -0.4 is 4.74 Å². The van der Waals surface area contributed by atoms with E-state index in [1.54, 1.807) is 0 Å². The van der Waals surface area contributed by atoms with Gasteiger partial charge < -0.3 is 18.8 Å². The van der Waals surface area contributed by atoms with Gasteiger partial charge in [0.15, 0.2) is 13.2 Å². The van der Waals surface area contributed by atoms with Gasteiger partial charge in [0, 0.05) is 18.8 Å². The van der Waals surface area contributed by atoms with E-state index in [-0.39, 0.29) is 23.9 Å². The Balaban J connectivity index is 1.53. The molecule has 0 aliphatic rings. The Morgan fingerprint density at radius 2 is 2.03 bits per heavy atom. The number of amides is 1. The van der Waals surface area contributed by atoms with Crippen molar-refractivity contribution in [3.8, 4) is 16.6 Å². The van der Waals surface area contributed by atoms with Gasteiger partial charge in [-0.1, -0.05) is 13.0 Å². The van der Waals surface area contributed by atoms with Gasteiger partial charge in [0.2, 0.25) is 11.8 Å². The number of nitrogens with zero attached hydrogens (tertiary/aromatic N) is 4. The third-order valence-corrected chi connectivity index (χ3v) is 4.91. The molecule has 3 rings (SSSR count). The summed E-state index contributed by atoms with van der Waals surface area (Å²) >= 11 is 1.44. The molecule has 1 amide bonds. The number of hydrogen-bond acceptors (Lipinski definition) is 9. The first-order chi connectivity index (χ1) is 15.7. The Morgan fingerprint density at radius 1 is 1.21 bits per heavy atom. The molecule has 3 heterocycles. The highest BCUT2D eigenvalue weighted by atomic mass is 32.1. The van der Waals surface area contributed by atoms with Crippen molar-refractivity contribution in [1.82, 2.24) is 20.1 Å². The van der Waals surface area contributed by atoms with Crippen molar-refractivity contribution in [3.05, 3.63) is 47.3 Å². The molecule has 0 aromatic carbocycles. The van der Waals surface area contributed by atoms with Crippen LogP contribution in [0.2, 0.25) is 0 Å². The van der Waals surface area contributed by atoms with Gasteiger partial charge in [-0.2, -0.15) is 13.2 Å². The van der Waals surface area contributed by atoms with Gasteiger partial charge in [-0.05, 0) is 23.9 Å². The number of rotatable bonds is 10. The SMILES string of the molecule is CCCN(Cc1nnc(-c2cccs2)o1)C(=O)COC(=O)c1ccc(OCC(F)(F)F)nc1. The second-order valence-electron chi connectivity index (χ2n) is 6.66. The summed E-state index contributed by atoms with van der Waals surface area (Å²) in [6, 6.07) is 5.98. The van der Waals surface area contributed by atoms with Crippen molar-refractivity contribution in [2.24, 2.45) is 0 Å². The van der Waals surface area contributed by atoms with E-state index in [9.17, 15) is 22.8 Å². The maximum atomic E-state index is 12.6. The molecule has 33 heavy (non-hydrogen) atoms. The van der Waals surface area contributed by atoms with E-state index in [0.29, 0.717) is 18.9 Å². The molecule has 0 atom stereocenters.